The molecule has 1 unspecified atom stereocenters. The second-order valence-corrected chi connectivity index (χ2v) is 5.34. The predicted octanol–water partition coefficient (Wildman–Crippen LogP) is 3.22. The minimum Gasteiger partial charge on any atom is -0.316 e. The molecule has 1 aromatic rings. The van der Waals surface area contributed by atoms with Crippen molar-refractivity contribution in [2.24, 2.45) is 5.92 Å². The summed E-state index contributed by atoms with van der Waals surface area (Å²) in [6.07, 6.45) is 2.54. The largest absolute Gasteiger partial charge is 0.316 e. The minimum absolute atomic E-state index is 0.832. The number of hydrogen-bond donors (Lipinski definition) is 1. The SMILES string of the molecule is Cc1ccc(CC2CCNC2)c(C)c1Br. The van der Waals surface area contributed by atoms with Crippen molar-refractivity contribution < 1.29 is 0 Å². The van der Waals surface area contributed by atoms with Gasteiger partial charge in [0.15, 0.2) is 0 Å². The van der Waals surface area contributed by atoms with Crippen LogP contribution < -0.4 is 5.32 Å². The highest BCUT2D eigenvalue weighted by Crippen LogP contribution is 2.26. The van der Waals surface area contributed by atoms with Gasteiger partial charge in [0.25, 0.3) is 0 Å². The lowest BCUT2D eigenvalue weighted by atomic mass is 9.94. The maximum Gasteiger partial charge on any atom is 0.0236 e. The number of rotatable bonds is 2. The standard InChI is InChI=1S/C13H18BrN/c1-9-3-4-12(10(2)13(9)14)7-11-5-6-15-8-11/h3-4,11,15H,5-8H2,1-2H3. The smallest absolute Gasteiger partial charge is 0.0236 e. The van der Waals surface area contributed by atoms with Crippen LogP contribution >= 0.6 is 15.9 Å². The van der Waals surface area contributed by atoms with Gasteiger partial charge < -0.3 is 5.32 Å². The molecule has 1 N–H and O–H groups in total. The Morgan fingerprint density at radius 3 is 2.87 bits per heavy atom. The molecule has 0 saturated carbocycles. The normalized spacial score (nSPS) is 20.9. The highest BCUT2D eigenvalue weighted by atomic mass is 79.9. The number of benzene rings is 1. The Kier molecular flexibility index (Phi) is 3.47. The maximum absolute atomic E-state index is 3.66. The van der Waals surface area contributed by atoms with Crippen LogP contribution in [0.25, 0.3) is 0 Å². The molecule has 1 heterocycles. The topological polar surface area (TPSA) is 12.0 Å². The van der Waals surface area contributed by atoms with Crippen molar-refractivity contribution in [2.75, 3.05) is 13.1 Å². The summed E-state index contributed by atoms with van der Waals surface area (Å²) in [5.41, 5.74) is 4.25. The van der Waals surface area contributed by atoms with Crippen molar-refractivity contribution in [2.45, 2.75) is 26.7 Å². The molecule has 1 aliphatic heterocycles. The van der Waals surface area contributed by atoms with Gasteiger partial charge in [-0.2, -0.15) is 0 Å². The molecular weight excluding hydrogens is 250 g/mol. The fourth-order valence-electron chi connectivity index (χ4n) is 2.28. The quantitative estimate of drug-likeness (QED) is 0.868. The van der Waals surface area contributed by atoms with Crippen LogP contribution in [0.1, 0.15) is 23.1 Å². The van der Waals surface area contributed by atoms with Gasteiger partial charge >= 0.3 is 0 Å². The van der Waals surface area contributed by atoms with Crippen LogP contribution in [0.2, 0.25) is 0 Å². The Labute approximate surface area is 100 Å². The van der Waals surface area contributed by atoms with Crippen LogP contribution in [0.5, 0.6) is 0 Å². The highest BCUT2D eigenvalue weighted by Gasteiger charge is 2.16. The molecule has 0 aliphatic carbocycles. The Bertz CT molecular complexity index is 354. The highest BCUT2D eigenvalue weighted by molar-refractivity contribution is 9.10. The molecule has 2 heteroatoms. The Hall–Kier alpha value is -0.340. The zero-order valence-corrected chi connectivity index (χ0v) is 11.0. The first-order valence-corrected chi connectivity index (χ1v) is 6.43. The van der Waals surface area contributed by atoms with Gasteiger partial charge in [-0.3, -0.25) is 0 Å². The van der Waals surface area contributed by atoms with Crippen LogP contribution in [0.15, 0.2) is 16.6 Å². The van der Waals surface area contributed by atoms with E-state index in [1.807, 2.05) is 0 Å². The molecule has 0 spiro atoms. The van der Waals surface area contributed by atoms with Crippen molar-refractivity contribution >= 4 is 15.9 Å². The first-order chi connectivity index (χ1) is 7.18. The van der Waals surface area contributed by atoms with Gasteiger partial charge in [0.1, 0.15) is 0 Å². The fourth-order valence-corrected chi connectivity index (χ4v) is 2.67. The molecular formula is C13H18BrN. The van der Waals surface area contributed by atoms with Crippen molar-refractivity contribution in [3.8, 4) is 0 Å². The lowest BCUT2D eigenvalue weighted by Gasteiger charge is -2.13. The molecule has 2 rings (SSSR count). The summed E-state index contributed by atoms with van der Waals surface area (Å²) < 4.78 is 1.28. The second-order valence-electron chi connectivity index (χ2n) is 4.54. The Morgan fingerprint density at radius 2 is 2.20 bits per heavy atom. The Balaban J connectivity index is 2.17. The lowest BCUT2D eigenvalue weighted by Crippen LogP contribution is -2.11. The molecule has 1 fully saturated rings. The van der Waals surface area contributed by atoms with E-state index in [-0.39, 0.29) is 0 Å². The lowest BCUT2D eigenvalue weighted by molar-refractivity contribution is 0.578. The predicted molar refractivity (Wildman–Crippen MR) is 68.3 cm³/mol. The van der Waals surface area contributed by atoms with Crippen molar-refractivity contribution in [1.29, 1.82) is 0 Å². The molecule has 0 amide bonds. The van der Waals surface area contributed by atoms with Crippen LogP contribution in [0.3, 0.4) is 0 Å². The third kappa shape index (κ3) is 2.43. The minimum atomic E-state index is 0.832. The van der Waals surface area contributed by atoms with Crippen LogP contribution in [-0.2, 0) is 6.42 Å². The van der Waals surface area contributed by atoms with E-state index in [4.69, 9.17) is 0 Å². The molecule has 1 aromatic carbocycles. The van der Waals surface area contributed by atoms with Crippen molar-refractivity contribution in [1.82, 2.24) is 5.32 Å². The average Bonchev–Trinajstić information content (AvgIpc) is 2.72. The molecule has 0 aromatic heterocycles. The Morgan fingerprint density at radius 1 is 1.40 bits per heavy atom. The van der Waals surface area contributed by atoms with E-state index < -0.39 is 0 Å². The average molecular weight is 268 g/mol. The van der Waals surface area contributed by atoms with Gasteiger partial charge in [0.05, 0.1) is 0 Å². The van der Waals surface area contributed by atoms with E-state index in [2.05, 4.69) is 47.2 Å². The van der Waals surface area contributed by atoms with Crippen LogP contribution in [0, 0.1) is 19.8 Å². The molecule has 0 bridgehead atoms. The summed E-state index contributed by atoms with van der Waals surface area (Å²) in [5, 5.41) is 3.43. The van der Waals surface area contributed by atoms with Gasteiger partial charge in [-0.1, -0.05) is 28.1 Å². The van der Waals surface area contributed by atoms with E-state index in [1.54, 1.807) is 0 Å². The number of nitrogens with one attached hydrogen (secondary N) is 1. The first-order valence-electron chi connectivity index (χ1n) is 5.64. The first kappa shape index (κ1) is 11.2. The maximum atomic E-state index is 3.66. The zero-order chi connectivity index (χ0) is 10.8. The van der Waals surface area contributed by atoms with E-state index in [1.165, 1.54) is 47.1 Å². The summed E-state index contributed by atoms with van der Waals surface area (Å²) >= 11 is 3.66. The molecule has 1 aliphatic rings. The van der Waals surface area contributed by atoms with Gasteiger partial charge in [-0.05, 0) is 62.4 Å². The van der Waals surface area contributed by atoms with Gasteiger partial charge in [-0.15, -0.1) is 0 Å². The van der Waals surface area contributed by atoms with E-state index >= 15 is 0 Å². The number of hydrogen-bond acceptors (Lipinski definition) is 1. The zero-order valence-electron chi connectivity index (χ0n) is 9.44. The number of aryl methyl sites for hydroxylation is 1. The van der Waals surface area contributed by atoms with Crippen molar-refractivity contribution in [3.05, 3.63) is 33.3 Å². The van der Waals surface area contributed by atoms with Crippen LogP contribution in [-0.4, -0.2) is 13.1 Å². The van der Waals surface area contributed by atoms with E-state index in [0.29, 0.717) is 0 Å². The van der Waals surface area contributed by atoms with Gasteiger partial charge in [0, 0.05) is 4.47 Å². The number of halogens is 1. The van der Waals surface area contributed by atoms with Gasteiger partial charge in [-0.25, -0.2) is 0 Å². The summed E-state index contributed by atoms with van der Waals surface area (Å²) in [4.78, 5) is 0. The van der Waals surface area contributed by atoms with Gasteiger partial charge in [0.2, 0.25) is 0 Å². The summed E-state index contributed by atoms with van der Waals surface area (Å²) in [6.45, 7) is 6.74. The molecule has 82 valence electrons. The summed E-state index contributed by atoms with van der Waals surface area (Å²) in [6, 6.07) is 4.50. The fraction of sp³-hybridized carbons (Fsp3) is 0.538. The molecule has 1 atom stereocenters. The van der Waals surface area contributed by atoms with E-state index in [0.717, 1.165) is 5.92 Å². The van der Waals surface area contributed by atoms with Crippen molar-refractivity contribution in [3.63, 3.8) is 0 Å². The monoisotopic (exact) mass is 267 g/mol. The third-order valence-corrected chi connectivity index (χ3v) is 4.58. The third-order valence-electron chi connectivity index (χ3n) is 3.36. The second kappa shape index (κ2) is 4.67. The summed E-state index contributed by atoms with van der Waals surface area (Å²) in [7, 11) is 0. The molecule has 0 radical (unpaired) electrons. The molecule has 1 nitrogen and oxygen atoms in total. The molecule has 15 heavy (non-hydrogen) atoms. The van der Waals surface area contributed by atoms with Crippen LogP contribution in [0.4, 0.5) is 0 Å². The van der Waals surface area contributed by atoms with E-state index in [9.17, 15) is 0 Å². The molecule has 1 saturated heterocycles. The summed E-state index contributed by atoms with van der Waals surface area (Å²) in [5.74, 6) is 0.832.